The normalized spacial score (nSPS) is 11.7. The van der Waals surface area contributed by atoms with Crippen molar-refractivity contribution in [2.45, 2.75) is 24.8 Å². The molecule has 0 saturated carbocycles. The lowest BCUT2D eigenvalue weighted by Gasteiger charge is -2.22. The zero-order chi connectivity index (χ0) is 18.9. The number of amides is 2. The lowest BCUT2D eigenvalue weighted by atomic mass is 10.0. The highest BCUT2D eigenvalue weighted by Crippen LogP contribution is 2.18. The smallest absolute Gasteiger partial charge is 0.258 e. The Morgan fingerprint density at radius 1 is 1.04 bits per heavy atom. The van der Waals surface area contributed by atoms with Crippen molar-refractivity contribution in [2.75, 3.05) is 18.2 Å². The van der Waals surface area contributed by atoms with Crippen LogP contribution in [0.1, 0.15) is 13.8 Å². The zero-order valence-corrected chi connectivity index (χ0v) is 16.0. The second-order valence-electron chi connectivity index (χ2n) is 6.11. The third kappa shape index (κ3) is 6.11. The Hall–Kier alpha value is -2.47. The van der Waals surface area contributed by atoms with E-state index >= 15 is 0 Å². The summed E-state index contributed by atoms with van der Waals surface area (Å²) in [6, 6.07) is 16.0. The molecule has 0 fully saturated rings. The first kappa shape index (κ1) is 19.8. The maximum Gasteiger partial charge on any atom is 0.258 e. The molecule has 0 saturated heterocycles. The van der Waals surface area contributed by atoms with Gasteiger partial charge in [-0.1, -0.05) is 32.0 Å². The van der Waals surface area contributed by atoms with Crippen molar-refractivity contribution in [3.05, 3.63) is 54.6 Å². The van der Waals surface area contributed by atoms with Crippen molar-refractivity contribution in [3.8, 4) is 5.75 Å². The van der Waals surface area contributed by atoms with Crippen molar-refractivity contribution in [2.24, 2.45) is 5.92 Å². The van der Waals surface area contributed by atoms with E-state index in [0.717, 1.165) is 4.90 Å². The van der Waals surface area contributed by atoms with Gasteiger partial charge in [-0.05, 0) is 48.6 Å². The monoisotopic (exact) mass is 372 g/mol. The van der Waals surface area contributed by atoms with Crippen LogP contribution in [0.2, 0.25) is 0 Å². The van der Waals surface area contributed by atoms with Gasteiger partial charge in [0.25, 0.3) is 5.91 Å². The summed E-state index contributed by atoms with van der Waals surface area (Å²) in [6.45, 7) is 3.64. The number of ether oxygens (including phenoxy) is 1. The van der Waals surface area contributed by atoms with E-state index in [1.807, 2.05) is 62.6 Å². The number of benzene rings is 2. The first-order valence-corrected chi connectivity index (χ1v) is 9.64. The zero-order valence-electron chi connectivity index (χ0n) is 15.2. The van der Waals surface area contributed by atoms with Crippen LogP contribution in [0.4, 0.5) is 5.69 Å². The van der Waals surface area contributed by atoms with E-state index in [9.17, 15) is 9.59 Å². The largest absolute Gasteiger partial charge is 0.484 e. The lowest BCUT2D eigenvalue weighted by Crippen LogP contribution is -2.48. The molecule has 0 aliphatic carbocycles. The molecule has 0 unspecified atom stereocenters. The van der Waals surface area contributed by atoms with Crippen molar-refractivity contribution >= 4 is 29.3 Å². The Bertz CT molecular complexity index is 718. The Kier molecular flexibility index (Phi) is 7.53. The Labute approximate surface area is 158 Å². The minimum Gasteiger partial charge on any atom is -0.484 e. The van der Waals surface area contributed by atoms with E-state index in [1.54, 1.807) is 23.9 Å². The van der Waals surface area contributed by atoms with Crippen LogP contribution in [0.15, 0.2) is 59.5 Å². The summed E-state index contributed by atoms with van der Waals surface area (Å²) >= 11 is 1.64. The molecule has 138 valence electrons. The summed E-state index contributed by atoms with van der Waals surface area (Å²) in [4.78, 5) is 25.8. The molecule has 0 aromatic heterocycles. The molecule has 2 aromatic rings. The summed E-state index contributed by atoms with van der Waals surface area (Å²) < 4.78 is 5.43. The second kappa shape index (κ2) is 9.87. The van der Waals surface area contributed by atoms with Gasteiger partial charge in [0.05, 0.1) is 0 Å². The number of thioether (sulfide) groups is 1. The Morgan fingerprint density at radius 2 is 1.69 bits per heavy atom. The van der Waals surface area contributed by atoms with E-state index in [2.05, 4.69) is 10.6 Å². The predicted molar refractivity (Wildman–Crippen MR) is 106 cm³/mol. The highest BCUT2D eigenvalue weighted by molar-refractivity contribution is 7.98. The molecule has 0 heterocycles. The van der Waals surface area contributed by atoms with Crippen LogP contribution in [0, 0.1) is 5.92 Å². The molecule has 0 spiro atoms. The van der Waals surface area contributed by atoms with Crippen LogP contribution >= 0.6 is 11.8 Å². The van der Waals surface area contributed by atoms with Crippen molar-refractivity contribution in [1.29, 1.82) is 0 Å². The van der Waals surface area contributed by atoms with E-state index in [4.69, 9.17) is 4.74 Å². The van der Waals surface area contributed by atoms with Gasteiger partial charge in [-0.2, -0.15) is 0 Å². The highest BCUT2D eigenvalue weighted by Gasteiger charge is 2.24. The molecule has 0 aliphatic heterocycles. The third-order valence-electron chi connectivity index (χ3n) is 3.74. The number of hydrogen-bond acceptors (Lipinski definition) is 4. The molecular weight excluding hydrogens is 348 g/mol. The summed E-state index contributed by atoms with van der Waals surface area (Å²) in [7, 11) is 0. The predicted octanol–water partition coefficient (Wildman–Crippen LogP) is 3.57. The molecule has 2 N–H and O–H groups in total. The van der Waals surface area contributed by atoms with Crippen molar-refractivity contribution < 1.29 is 14.3 Å². The Balaban J connectivity index is 1.91. The maximum atomic E-state index is 12.5. The molecule has 1 atom stereocenters. The van der Waals surface area contributed by atoms with Gasteiger partial charge >= 0.3 is 0 Å². The highest BCUT2D eigenvalue weighted by atomic mass is 32.2. The van der Waals surface area contributed by atoms with Crippen molar-refractivity contribution in [1.82, 2.24) is 5.32 Å². The molecular formula is C20H24N2O3S. The fourth-order valence-corrected chi connectivity index (χ4v) is 2.72. The first-order chi connectivity index (χ1) is 12.5. The number of nitrogens with one attached hydrogen (secondary N) is 2. The van der Waals surface area contributed by atoms with Gasteiger partial charge < -0.3 is 15.4 Å². The molecule has 0 radical (unpaired) electrons. The van der Waals surface area contributed by atoms with Crippen LogP contribution in [0.25, 0.3) is 0 Å². The van der Waals surface area contributed by atoms with Gasteiger partial charge in [-0.3, -0.25) is 9.59 Å². The van der Waals surface area contributed by atoms with Gasteiger partial charge in [0, 0.05) is 10.6 Å². The summed E-state index contributed by atoms with van der Waals surface area (Å²) in [5.74, 6) is -0.0198. The van der Waals surface area contributed by atoms with E-state index in [0.29, 0.717) is 11.4 Å². The van der Waals surface area contributed by atoms with E-state index < -0.39 is 6.04 Å². The second-order valence-corrected chi connectivity index (χ2v) is 6.99. The van der Waals surface area contributed by atoms with E-state index in [1.165, 1.54) is 0 Å². The summed E-state index contributed by atoms with van der Waals surface area (Å²) in [5.41, 5.74) is 0.702. The van der Waals surface area contributed by atoms with Gasteiger partial charge in [0.2, 0.25) is 5.91 Å². The minimum absolute atomic E-state index is 0.0545. The van der Waals surface area contributed by atoms with Crippen molar-refractivity contribution in [3.63, 3.8) is 0 Å². The number of hydrogen-bond donors (Lipinski definition) is 2. The standard InChI is InChI=1S/C20H24N2O3S/c1-14(2)19(20(24)21-15-9-11-17(26-3)12-10-15)22-18(23)13-25-16-7-5-4-6-8-16/h4-12,14,19H,13H2,1-3H3,(H,21,24)(H,22,23)/t19-/m0/s1. The molecule has 0 bridgehead atoms. The fraction of sp³-hybridized carbons (Fsp3) is 0.300. The third-order valence-corrected chi connectivity index (χ3v) is 4.48. The van der Waals surface area contributed by atoms with Crippen LogP contribution in [0.3, 0.4) is 0 Å². The summed E-state index contributed by atoms with van der Waals surface area (Å²) in [5, 5.41) is 5.60. The number of anilines is 1. The molecule has 2 amide bonds. The van der Waals surface area contributed by atoms with Gasteiger partial charge in [0.1, 0.15) is 11.8 Å². The van der Waals surface area contributed by atoms with Crippen LogP contribution < -0.4 is 15.4 Å². The topological polar surface area (TPSA) is 67.4 Å². The van der Waals surface area contributed by atoms with Crippen LogP contribution in [-0.2, 0) is 9.59 Å². The SMILES string of the molecule is CSc1ccc(NC(=O)[C@@H](NC(=O)COc2ccccc2)C(C)C)cc1. The van der Waals surface area contributed by atoms with E-state index in [-0.39, 0.29) is 24.3 Å². The quantitative estimate of drug-likeness (QED) is 0.695. The molecule has 26 heavy (non-hydrogen) atoms. The molecule has 2 aromatic carbocycles. The average molecular weight is 372 g/mol. The average Bonchev–Trinajstić information content (AvgIpc) is 2.65. The fourth-order valence-electron chi connectivity index (χ4n) is 2.31. The number of para-hydroxylation sites is 1. The molecule has 6 heteroatoms. The minimum atomic E-state index is -0.637. The molecule has 2 rings (SSSR count). The summed E-state index contributed by atoms with van der Waals surface area (Å²) in [6.07, 6.45) is 2.00. The number of carbonyl (C=O) groups excluding carboxylic acids is 2. The maximum absolute atomic E-state index is 12.5. The van der Waals surface area contributed by atoms with Gasteiger partial charge in [0.15, 0.2) is 6.61 Å². The molecule has 5 nitrogen and oxygen atoms in total. The van der Waals surface area contributed by atoms with Gasteiger partial charge in [-0.25, -0.2) is 0 Å². The molecule has 0 aliphatic rings. The number of carbonyl (C=O) groups is 2. The Morgan fingerprint density at radius 3 is 2.27 bits per heavy atom. The number of rotatable bonds is 8. The lowest BCUT2D eigenvalue weighted by molar-refractivity contribution is -0.128. The van der Waals surface area contributed by atoms with Gasteiger partial charge in [-0.15, -0.1) is 11.8 Å². The van der Waals surface area contributed by atoms with Crippen LogP contribution in [-0.4, -0.2) is 30.7 Å². The first-order valence-electron chi connectivity index (χ1n) is 8.41. The van der Waals surface area contributed by atoms with Crippen LogP contribution in [0.5, 0.6) is 5.75 Å².